The van der Waals surface area contributed by atoms with Gasteiger partial charge < -0.3 is 33.9 Å². The lowest BCUT2D eigenvalue weighted by Crippen LogP contribution is -2.54. The van der Waals surface area contributed by atoms with Gasteiger partial charge in [-0.15, -0.1) is 0 Å². The Labute approximate surface area is 268 Å². The Morgan fingerprint density at radius 1 is 1.24 bits per heavy atom. The standard InChI is InChI=1S/C36H54O9/c1-7-9-32(38)41-20-28-17-26(5)36(40)29(21-42-34(36)33(28)39)11-8-10-23(2)16-24(3)12-13-30-18-31(43-22-37)19-35(45-30)15-14-25(4)27(6)44-35/h8,10-12,17,22-23,25-27,30-31,33-34,39-40H,7,9,13-16,18-21H2,1-6H3. The van der Waals surface area contributed by atoms with E-state index in [2.05, 4.69) is 39.8 Å². The molecule has 4 rings (SSSR count). The zero-order chi connectivity index (χ0) is 32.8. The van der Waals surface area contributed by atoms with E-state index in [0.717, 1.165) is 31.3 Å². The van der Waals surface area contributed by atoms with Crippen LogP contribution in [0.25, 0.3) is 0 Å². The maximum Gasteiger partial charge on any atom is 0.306 e. The summed E-state index contributed by atoms with van der Waals surface area (Å²) in [7, 11) is 0. The molecule has 10 atom stereocenters. The topological polar surface area (TPSA) is 121 Å². The average molecular weight is 631 g/mol. The molecule has 9 nitrogen and oxygen atoms in total. The highest BCUT2D eigenvalue weighted by atomic mass is 16.7. The van der Waals surface area contributed by atoms with Crippen LogP contribution in [0.1, 0.15) is 92.9 Å². The summed E-state index contributed by atoms with van der Waals surface area (Å²) in [6.45, 7) is 13.1. The predicted octanol–water partition coefficient (Wildman–Crippen LogP) is 5.49. The van der Waals surface area contributed by atoms with Gasteiger partial charge in [0.1, 0.15) is 30.5 Å². The Bertz CT molecular complexity index is 1160. The summed E-state index contributed by atoms with van der Waals surface area (Å²) in [6, 6.07) is 0. The number of rotatable bonds is 12. The van der Waals surface area contributed by atoms with Gasteiger partial charge in [0.05, 0.1) is 18.8 Å². The van der Waals surface area contributed by atoms with Crippen LogP contribution >= 0.6 is 0 Å². The first-order chi connectivity index (χ1) is 21.4. The number of ether oxygens (including phenoxy) is 5. The molecule has 9 heteroatoms. The van der Waals surface area contributed by atoms with Gasteiger partial charge in [-0.3, -0.25) is 9.59 Å². The van der Waals surface area contributed by atoms with Gasteiger partial charge in [-0.1, -0.05) is 63.6 Å². The lowest BCUT2D eigenvalue weighted by atomic mass is 9.71. The number of aliphatic hydroxyl groups excluding tert-OH is 1. The highest BCUT2D eigenvalue weighted by molar-refractivity contribution is 5.69. The lowest BCUT2D eigenvalue weighted by Gasteiger charge is -2.48. The normalized spacial score (nSPS) is 38.7. The molecule has 1 aliphatic carbocycles. The molecule has 10 unspecified atom stereocenters. The summed E-state index contributed by atoms with van der Waals surface area (Å²) >= 11 is 0. The molecular weight excluding hydrogens is 576 g/mol. The number of carbonyl (C=O) groups excluding carboxylic acids is 2. The van der Waals surface area contributed by atoms with E-state index in [1.165, 1.54) is 5.57 Å². The van der Waals surface area contributed by atoms with Crippen LogP contribution in [0, 0.1) is 17.8 Å². The number of esters is 1. The van der Waals surface area contributed by atoms with Crippen LogP contribution in [0.3, 0.4) is 0 Å². The van der Waals surface area contributed by atoms with E-state index < -0.39 is 23.6 Å². The van der Waals surface area contributed by atoms with E-state index >= 15 is 0 Å². The summed E-state index contributed by atoms with van der Waals surface area (Å²) in [6.07, 6.45) is 13.6. The van der Waals surface area contributed by atoms with Crippen molar-refractivity contribution in [1.29, 1.82) is 0 Å². The molecule has 0 bridgehead atoms. The molecule has 252 valence electrons. The molecule has 1 spiro atoms. The fourth-order valence-corrected chi connectivity index (χ4v) is 7.22. The summed E-state index contributed by atoms with van der Waals surface area (Å²) in [5.41, 5.74) is 1.19. The third kappa shape index (κ3) is 8.55. The van der Waals surface area contributed by atoms with E-state index in [0.29, 0.717) is 43.6 Å². The number of fused-ring (bicyclic) bond motifs is 1. The van der Waals surface area contributed by atoms with Crippen LogP contribution in [-0.2, 0) is 33.3 Å². The molecule has 0 aromatic carbocycles. The number of hydrogen-bond acceptors (Lipinski definition) is 9. The predicted molar refractivity (Wildman–Crippen MR) is 170 cm³/mol. The van der Waals surface area contributed by atoms with E-state index in [4.69, 9.17) is 23.7 Å². The van der Waals surface area contributed by atoms with Crippen molar-refractivity contribution in [2.75, 3.05) is 13.2 Å². The molecule has 45 heavy (non-hydrogen) atoms. The quantitative estimate of drug-likeness (QED) is 0.164. The molecule has 3 fully saturated rings. The van der Waals surface area contributed by atoms with E-state index in [9.17, 15) is 19.8 Å². The van der Waals surface area contributed by atoms with Crippen molar-refractivity contribution < 1.29 is 43.5 Å². The Morgan fingerprint density at radius 3 is 2.73 bits per heavy atom. The first kappa shape index (κ1) is 35.6. The third-order valence-electron chi connectivity index (χ3n) is 10.0. The molecule has 0 aromatic heterocycles. The molecular formula is C36H54O9. The van der Waals surface area contributed by atoms with Gasteiger partial charge in [0.25, 0.3) is 6.47 Å². The monoisotopic (exact) mass is 630 g/mol. The molecule has 3 heterocycles. The van der Waals surface area contributed by atoms with Crippen LogP contribution in [0.4, 0.5) is 0 Å². The molecule has 3 saturated heterocycles. The Morgan fingerprint density at radius 2 is 2.02 bits per heavy atom. The zero-order valence-corrected chi connectivity index (χ0v) is 27.9. The Kier molecular flexibility index (Phi) is 12.3. The number of allylic oxidation sites excluding steroid dienone is 4. The van der Waals surface area contributed by atoms with Crippen molar-refractivity contribution in [3.05, 3.63) is 47.1 Å². The summed E-state index contributed by atoms with van der Waals surface area (Å²) in [5, 5.41) is 22.6. The van der Waals surface area contributed by atoms with Crippen LogP contribution in [0.5, 0.6) is 0 Å². The van der Waals surface area contributed by atoms with Gasteiger partial charge in [-0.2, -0.15) is 0 Å². The number of aliphatic hydroxyl groups is 2. The van der Waals surface area contributed by atoms with Crippen LogP contribution in [0.2, 0.25) is 0 Å². The molecule has 2 N–H and O–H groups in total. The van der Waals surface area contributed by atoms with E-state index in [1.54, 1.807) is 6.08 Å². The smallest absolute Gasteiger partial charge is 0.306 e. The van der Waals surface area contributed by atoms with E-state index in [-0.39, 0.29) is 49.3 Å². The second-order valence-electron chi connectivity index (χ2n) is 13.8. The molecule has 3 aliphatic heterocycles. The molecule has 0 aromatic rings. The van der Waals surface area contributed by atoms with Gasteiger partial charge in [0.2, 0.25) is 0 Å². The van der Waals surface area contributed by atoms with Crippen molar-refractivity contribution in [1.82, 2.24) is 0 Å². The Balaban J connectivity index is 1.33. The fourth-order valence-electron chi connectivity index (χ4n) is 7.22. The van der Waals surface area contributed by atoms with Crippen LogP contribution in [0.15, 0.2) is 47.1 Å². The third-order valence-corrected chi connectivity index (χ3v) is 10.0. The fraction of sp³-hybridized carbons (Fsp3) is 0.722. The van der Waals surface area contributed by atoms with Crippen molar-refractivity contribution in [3.63, 3.8) is 0 Å². The second-order valence-corrected chi connectivity index (χ2v) is 13.8. The molecule has 0 saturated carbocycles. The van der Waals surface area contributed by atoms with Crippen LogP contribution in [-0.4, -0.2) is 77.8 Å². The lowest BCUT2D eigenvalue weighted by molar-refractivity contribution is -0.331. The first-order valence-electron chi connectivity index (χ1n) is 16.8. The molecule has 0 amide bonds. The Hall–Kier alpha value is -2.30. The summed E-state index contributed by atoms with van der Waals surface area (Å²) in [5.74, 6) is -0.593. The average Bonchev–Trinajstić information content (AvgIpc) is 3.33. The van der Waals surface area contributed by atoms with Gasteiger partial charge in [-0.25, -0.2) is 0 Å². The maximum absolute atomic E-state index is 11.8. The highest BCUT2D eigenvalue weighted by Crippen LogP contribution is 2.45. The minimum Gasteiger partial charge on any atom is -0.464 e. The van der Waals surface area contributed by atoms with Gasteiger partial charge >= 0.3 is 5.97 Å². The SMILES string of the molecule is CCCC(=O)OCC1=CC(C)C2(O)C(=CC=CC(C)CC(C)=CCC3CC(OC=O)CC4(CCC(C)C(C)O4)O3)COC2C1O. The van der Waals surface area contributed by atoms with Gasteiger partial charge in [0, 0.05) is 31.6 Å². The maximum atomic E-state index is 11.8. The highest BCUT2D eigenvalue weighted by Gasteiger charge is 2.55. The minimum absolute atomic E-state index is 0.00325. The number of carbonyl (C=O) groups is 2. The minimum atomic E-state index is -1.33. The largest absolute Gasteiger partial charge is 0.464 e. The molecule has 0 radical (unpaired) electrons. The second kappa shape index (κ2) is 15.5. The van der Waals surface area contributed by atoms with Crippen molar-refractivity contribution in [2.24, 2.45) is 17.8 Å². The van der Waals surface area contributed by atoms with Crippen LogP contribution < -0.4 is 0 Å². The van der Waals surface area contributed by atoms with E-state index in [1.807, 2.05) is 26.0 Å². The molecule has 4 aliphatic rings. The first-order valence-corrected chi connectivity index (χ1v) is 16.8. The van der Waals surface area contributed by atoms with Crippen molar-refractivity contribution in [2.45, 2.75) is 135 Å². The van der Waals surface area contributed by atoms with Gasteiger partial charge in [0.15, 0.2) is 5.79 Å². The zero-order valence-electron chi connectivity index (χ0n) is 27.9. The van der Waals surface area contributed by atoms with Gasteiger partial charge in [-0.05, 0) is 62.5 Å². The van der Waals surface area contributed by atoms with Crippen molar-refractivity contribution >= 4 is 12.4 Å². The number of hydrogen-bond donors (Lipinski definition) is 2. The summed E-state index contributed by atoms with van der Waals surface area (Å²) < 4.78 is 29.5. The summed E-state index contributed by atoms with van der Waals surface area (Å²) in [4.78, 5) is 23.0. The van der Waals surface area contributed by atoms with Crippen molar-refractivity contribution in [3.8, 4) is 0 Å².